The van der Waals surface area contributed by atoms with Gasteiger partial charge in [-0.1, -0.05) is 12.1 Å². The van der Waals surface area contributed by atoms with Gasteiger partial charge in [-0.05, 0) is 55.5 Å². The maximum Gasteiger partial charge on any atom is 0.416 e. The van der Waals surface area contributed by atoms with Gasteiger partial charge in [-0.15, -0.1) is 0 Å². The third kappa shape index (κ3) is 5.41. The van der Waals surface area contributed by atoms with Crippen molar-refractivity contribution in [3.05, 3.63) is 53.1 Å². The molecule has 0 aliphatic heterocycles. The number of hydrogen-bond donors (Lipinski definition) is 5. The standard InChI is InChI=1S/C21H25F3N4O/c22-21(23,24)14-8-19(26)18(11-25)20(9-14)27-12-13-3-1-4-15(7-13)28-16-5-2-6-17(29)10-16/h1,3-4,7-9,11,16-17,25,27-29H,2,5-6,10,12,26H2. The zero-order chi connectivity index (χ0) is 21.0. The largest absolute Gasteiger partial charge is 0.416 e. The molecule has 2 aromatic rings. The molecule has 3 rings (SSSR count). The first-order valence-corrected chi connectivity index (χ1v) is 9.55. The summed E-state index contributed by atoms with van der Waals surface area (Å²) in [6, 6.07) is 9.61. The summed E-state index contributed by atoms with van der Waals surface area (Å²) >= 11 is 0. The van der Waals surface area contributed by atoms with Crippen LogP contribution in [0.3, 0.4) is 0 Å². The van der Waals surface area contributed by atoms with Gasteiger partial charge in [0.15, 0.2) is 0 Å². The average Bonchev–Trinajstić information content (AvgIpc) is 2.65. The maximum absolute atomic E-state index is 13.1. The van der Waals surface area contributed by atoms with Crippen molar-refractivity contribution in [3.8, 4) is 0 Å². The molecule has 2 aromatic carbocycles. The predicted octanol–water partition coefficient (Wildman–Crippen LogP) is 4.61. The van der Waals surface area contributed by atoms with Crippen molar-refractivity contribution >= 4 is 23.3 Å². The molecule has 2 atom stereocenters. The maximum atomic E-state index is 13.1. The van der Waals surface area contributed by atoms with E-state index >= 15 is 0 Å². The average molecular weight is 406 g/mol. The van der Waals surface area contributed by atoms with Crippen LogP contribution >= 0.6 is 0 Å². The van der Waals surface area contributed by atoms with Gasteiger partial charge in [-0.2, -0.15) is 13.2 Å². The second-order valence-electron chi connectivity index (χ2n) is 7.38. The number of rotatable bonds is 6. The Morgan fingerprint density at radius 1 is 1.21 bits per heavy atom. The Balaban J connectivity index is 1.73. The first kappa shape index (κ1) is 21.0. The van der Waals surface area contributed by atoms with Gasteiger partial charge in [0.1, 0.15) is 0 Å². The third-order valence-corrected chi connectivity index (χ3v) is 5.11. The van der Waals surface area contributed by atoms with E-state index in [1.165, 1.54) is 0 Å². The summed E-state index contributed by atoms with van der Waals surface area (Å²) in [6.07, 6.45) is -0.345. The summed E-state index contributed by atoms with van der Waals surface area (Å²) < 4.78 is 39.2. The molecule has 0 bridgehead atoms. The molecule has 0 saturated heterocycles. The van der Waals surface area contributed by atoms with Crippen molar-refractivity contribution in [1.29, 1.82) is 5.41 Å². The Bertz CT molecular complexity index is 869. The summed E-state index contributed by atoms with van der Waals surface area (Å²) in [7, 11) is 0. The Kier molecular flexibility index (Phi) is 6.32. The van der Waals surface area contributed by atoms with Gasteiger partial charge in [0.05, 0.1) is 11.7 Å². The molecule has 0 radical (unpaired) electrons. The first-order valence-electron chi connectivity index (χ1n) is 9.55. The molecule has 2 unspecified atom stereocenters. The van der Waals surface area contributed by atoms with Gasteiger partial charge < -0.3 is 26.9 Å². The molecule has 1 fully saturated rings. The van der Waals surface area contributed by atoms with Crippen LogP contribution in [0.5, 0.6) is 0 Å². The van der Waals surface area contributed by atoms with Gasteiger partial charge >= 0.3 is 6.18 Å². The molecule has 0 spiro atoms. The third-order valence-electron chi connectivity index (χ3n) is 5.11. The number of nitrogens with one attached hydrogen (secondary N) is 3. The molecule has 5 nitrogen and oxygen atoms in total. The van der Waals surface area contributed by atoms with E-state index in [0.29, 0.717) is 6.42 Å². The number of benzene rings is 2. The molecule has 0 amide bonds. The van der Waals surface area contributed by atoms with Crippen molar-refractivity contribution in [2.24, 2.45) is 0 Å². The predicted molar refractivity (Wildman–Crippen MR) is 109 cm³/mol. The fourth-order valence-electron chi connectivity index (χ4n) is 3.65. The molecular weight excluding hydrogens is 381 g/mol. The van der Waals surface area contributed by atoms with Crippen LogP contribution < -0.4 is 16.4 Å². The Morgan fingerprint density at radius 3 is 2.69 bits per heavy atom. The van der Waals surface area contributed by atoms with E-state index in [0.717, 1.165) is 48.9 Å². The van der Waals surface area contributed by atoms with E-state index in [9.17, 15) is 18.3 Å². The summed E-state index contributed by atoms with van der Waals surface area (Å²) in [6.45, 7) is 0.282. The van der Waals surface area contributed by atoms with Gasteiger partial charge in [0.2, 0.25) is 0 Å². The second kappa shape index (κ2) is 8.73. The number of anilines is 3. The molecule has 1 saturated carbocycles. The van der Waals surface area contributed by atoms with E-state index in [2.05, 4.69) is 10.6 Å². The number of hydrogen-bond acceptors (Lipinski definition) is 5. The second-order valence-corrected chi connectivity index (χ2v) is 7.38. The topological polar surface area (TPSA) is 94.2 Å². The van der Waals surface area contributed by atoms with E-state index in [4.69, 9.17) is 11.1 Å². The highest BCUT2D eigenvalue weighted by Gasteiger charge is 2.31. The number of halogens is 3. The number of nitrogens with two attached hydrogens (primary N) is 1. The summed E-state index contributed by atoms with van der Waals surface area (Å²) in [5.74, 6) is 0. The molecular formula is C21H25F3N4O. The molecule has 29 heavy (non-hydrogen) atoms. The van der Waals surface area contributed by atoms with Crippen LogP contribution in [-0.2, 0) is 12.7 Å². The van der Waals surface area contributed by atoms with Crippen LogP contribution in [0, 0.1) is 5.41 Å². The molecule has 1 aliphatic rings. The van der Waals surface area contributed by atoms with Crippen molar-refractivity contribution in [1.82, 2.24) is 0 Å². The number of aliphatic hydroxyl groups excluding tert-OH is 1. The zero-order valence-corrected chi connectivity index (χ0v) is 15.9. The van der Waals surface area contributed by atoms with Crippen LogP contribution in [0.25, 0.3) is 0 Å². The van der Waals surface area contributed by atoms with E-state index < -0.39 is 11.7 Å². The molecule has 6 N–H and O–H groups in total. The lowest BCUT2D eigenvalue weighted by atomic mass is 9.93. The van der Waals surface area contributed by atoms with Crippen LogP contribution in [0.2, 0.25) is 0 Å². The minimum Gasteiger partial charge on any atom is -0.398 e. The van der Waals surface area contributed by atoms with E-state index in [1.54, 1.807) is 0 Å². The lowest BCUT2D eigenvalue weighted by Gasteiger charge is -2.27. The molecule has 1 aliphatic carbocycles. The van der Waals surface area contributed by atoms with Gasteiger partial charge in [0.25, 0.3) is 0 Å². The quantitative estimate of drug-likeness (QED) is 0.358. The summed E-state index contributed by atoms with van der Waals surface area (Å²) in [4.78, 5) is 0. The highest BCUT2D eigenvalue weighted by molar-refractivity contribution is 5.93. The molecule has 156 valence electrons. The van der Waals surface area contributed by atoms with Crippen LogP contribution in [-0.4, -0.2) is 23.5 Å². The minimum absolute atomic E-state index is 0.0939. The minimum atomic E-state index is -4.51. The summed E-state index contributed by atoms with van der Waals surface area (Å²) in [5.41, 5.74) is 6.94. The Hall–Kier alpha value is -2.74. The monoisotopic (exact) mass is 406 g/mol. The van der Waals surface area contributed by atoms with E-state index in [-0.39, 0.29) is 35.6 Å². The van der Waals surface area contributed by atoms with Gasteiger partial charge in [-0.3, -0.25) is 0 Å². The van der Waals surface area contributed by atoms with Crippen molar-refractivity contribution in [3.63, 3.8) is 0 Å². The van der Waals surface area contributed by atoms with Crippen molar-refractivity contribution in [2.75, 3.05) is 16.4 Å². The number of nitrogen functional groups attached to an aromatic ring is 1. The van der Waals surface area contributed by atoms with Crippen LogP contribution in [0.15, 0.2) is 36.4 Å². The Labute approximate surface area is 167 Å². The van der Waals surface area contributed by atoms with Crippen LogP contribution in [0.1, 0.15) is 42.4 Å². The fraction of sp³-hybridized carbons (Fsp3) is 0.381. The SMILES string of the molecule is N=Cc1c(N)cc(C(F)(F)F)cc1NCc1cccc(NC2CCCC(O)C2)c1. The van der Waals surface area contributed by atoms with Crippen molar-refractivity contribution < 1.29 is 18.3 Å². The highest BCUT2D eigenvalue weighted by Crippen LogP contribution is 2.35. The highest BCUT2D eigenvalue weighted by atomic mass is 19.4. The number of alkyl halides is 3. The fourth-order valence-corrected chi connectivity index (χ4v) is 3.65. The Morgan fingerprint density at radius 2 is 2.00 bits per heavy atom. The van der Waals surface area contributed by atoms with Crippen LogP contribution in [0.4, 0.5) is 30.2 Å². The zero-order valence-electron chi connectivity index (χ0n) is 15.9. The first-order chi connectivity index (χ1) is 13.8. The lowest BCUT2D eigenvalue weighted by Crippen LogP contribution is -2.29. The van der Waals surface area contributed by atoms with Gasteiger partial charge in [-0.25, -0.2) is 0 Å². The molecule has 8 heteroatoms. The molecule has 0 heterocycles. The lowest BCUT2D eigenvalue weighted by molar-refractivity contribution is -0.137. The smallest absolute Gasteiger partial charge is 0.398 e. The summed E-state index contributed by atoms with van der Waals surface area (Å²) in [5, 5.41) is 23.7. The normalized spacial score (nSPS) is 19.6. The van der Waals surface area contributed by atoms with Crippen molar-refractivity contribution in [2.45, 2.75) is 50.6 Å². The van der Waals surface area contributed by atoms with Gasteiger partial charge in [0, 0.05) is 41.4 Å². The molecule has 0 aromatic heterocycles. The van der Waals surface area contributed by atoms with E-state index in [1.807, 2.05) is 24.3 Å². The number of aliphatic hydroxyl groups is 1.